The van der Waals surface area contributed by atoms with Crippen LogP contribution in [0.3, 0.4) is 0 Å². The summed E-state index contributed by atoms with van der Waals surface area (Å²) in [7, 11) is 0. The zero-order chi connectivity index (χ0) is 14.4. The Morgan fingerprint density at radius 1 is 1.50 bits per heavy atom. The number of nitrogens with zero attached hydrogens (tertiary/aromatic N) is 2. The Balaban J connectivity index is 1.92. The lowest BCUT2D eigenvalue weighted by molar-refractivity contribution is -0.137. The van der Waals surface area contributed by atoms with Gasteiger partial charge in [0.15, 0.2) is 6.61 Å². The van der Waals surface area contributed by atoms with Gasteiger partial charge in [-0.25, -0.2) is 0 Å². The summed E-state index contributed by atoms with van der Waals surface area (Å²) in [5, 5.41) is 8.83. The van der Waals surface area contributed by atoms with E-state index in [0.717, 1.165) is 25.8 Å². The SMILES string of the molecule is CC[C@@H]1CCCCN1C(=O)COc1cccc(C#N)c1. The molecule has 0 unspecified atom stereocenters. The van der Waals surface area contributed by atoms with E-state index in [1.807, 2.05) is 4.90 Å². The highest BCUT2D eigenvalue weighted by molar-refractivity contribution is 5.78. The number of carbonyl (C=O) groups is 1. The number of rotatable bonds is 4. The Bertz CT molecular complexity index is 507. The zero-order valence-corrected chi connectivity index (χ0v) is 11.8. The molecule has 0 spiro atoms. The van der Waals surface area contributed by atoms with Gasteiger partial charge in [-0.3, -0.25) is 4.79 Å². The number of carbonyl (C=O) groups excluding carboxylic acids is 1. The lowest BCUT2D eigenvalue weighted by Gasteiger charge is -2.35. The third-order valence-electron chi connectivity index (χ3n) is 3.74. The van der Waals surface area contributed by atoms with Crippen LogP contribution in [0.1, 0.15) is 38.2 Å². The molecule has 0 radical (unpaired) electrons. The van der Waals surface area contributed by atoms with Crippen molar-refractivity contribution in [2.75, 3.05) is 13.2 Å². The van der Waals surface area contributed by atoms with Crippen LogP contribution >= 0.6 is 0 Å². The Kier molecular flexibility index (Phi) is 5.00. The number of likely N-dealkylation sites (tertiary alicyclic amines) is 1. The van der Waals surface area contributed by atoms with E-state index >= 15 is 0 Å². The maximum Gasteiger partial charge on any atom is 0.260 e. The second kappa shape index (κ2) is 6.95. The van der Waals surface area contributed by atoms with E-state index in [2.05, 4.69) is 13.0 Å². The molecule has 4 nitrogen and oxygen atoms in total. The molecule has 1 atom stereocenters. The fourth-order valence-electron chi connectivity index (χ4n) is 2.64. The van der Waals surface area contributed by atoms with Crippen molar-refractivity contribution in [2.45, 2.75) is 38.6 Å². The minimum Gasteiger partial charge on any atom is -0.484 e. The van der Waals surface area contributed by atoms with E-state index in [1.54, 1.807) is 24.3 Å². The average Bonchev–Trinajstić information content (AvgIpc) is 2.52. The highest BCUT2D eigenvalue weighted by Gasteiger charge is 2.25. The second-order valence-electron chi connectivity index (χ2n) is 5.07. The zero-order valence-electron chi connectivity index (χ0n) is 11.8. The molecule has 20 heavy (non-hydrogen) atoms. The van der Waals surface area contributed by atoms with Gasteiger partial charge in [-0.2, -0.15) is 5.26 Å². The fraction of sp³-hybridized carbons (Fsp3) is 0.500. The molecule has 1 aliphatic rings. The van der Waals surface area contributed by atoms with Crippen molar-refractivity contribution >= 4 is 5.91 Å². The van der Waals surface area contributed by atoms with Gasteiger partial charge in [-0.15, -0.1) is 0 Å². The maximum atomic E-state index is 12.2. The molecule has 4 heteroatoms. The molecule has 1 heterocycles. The smallest absolute Gasteiger partial charge is 0.260 e. The molecule has 0 saturated carbocycles. The van der Waals surface area contributed by atoms with E-state index < -0.39 is 0 Å². The number of amides is 1. The van der Waals surface area contributed by atoms with Crippen molar-refractivity contribution in [1.82, 2.24) is 4.90 Å². The highest BCUT2D eigenvalue weighted by Crippen LogP contribution is 2.20. The Morgan fingerprint density at radius 2 is 2.35 bits per heavy atom. The molecule has 1 aromatic rings. The van der Waals surface area contributed by atoms with Gasteiger partial charge in [0.25, 0.3) is 5.91 Å². The number of nitriles is 1. The molecule has 1 amide bonds. The summed E-state index contributed by atoms with van der Waals surface area (Å²) in [4.78, 5) is 14.2. The number of ether oxygens (including phenoxy) is 1. The molecule has 1 saturated heterocycles. The van der Waals surface area contributed by atoms with Gasteiger partial charge in [0.05, 0.1) is 11.6 Å². The topological polar surface area (TPSA) is 53.3 Å². The van der Waals surface area contributed by atoms with Crippen LogP contribution in [0.5, 0.6) is 5.75 Å². The molecule has 0 aliphatic carbocycles. The van der Waals surface area contributed by atoms with Crippen LogP contribution in [-0.4, -0.2) is 30.0 Å². The minimum absolute atomic E-state index is 0.0407. The monoisotopic (exact) mass is 272 g/mol. The van der Waals surface area contributed by atoms with Gasteiger partial charge in [-0.1, -0.05) is 13.0 Å². The summed E-state index contributed by atoms with van der Waals surface area (Å²) in [6, 6.07) is 9.30. The molecule has 0 N–H and O–H groups in total. The molecule has 0 aromatic heterocycles. The van der Waals surface area contributed by atoms with Gasteiger partial charge in [-0.05, 0) is 43.9 Å². The minimum atomic E-state index is 0.0407. The van der Waals surface area contributed by atoms with Crippen molar-refractivity contribution in [2.24, 2.45) is 0 Å². The molecular weight excluding hydrogens is 252 g/mol. The van der Waals surface area contributed by atoms with Gasteiger partial charge in [0.2, 0.25) is 0 Å². The van der Waals surface area contributed by atoms with Crippen LogP contribution in [0.4, 0.5) is 0 Å². The quantitative estimate of drug-likeness (QED) is 0.846. The molecule has 1 aliphatic heterocycles. The number of benzene rings is 1. The lowest BCUT2D eigenvalue weighted by Crippen LogP contribution is -2.45. The van der Waals surface area contributed by atoms with E-state index in [-0.39, 0.29) is 12.5 Å². The van der Waals surface area contributed by atoms with Gasteiger partial charge in [0, 0.05) is 12.6 Å². The van der Waals surface area contributed by atoms with Gasteiger partial charge in [0.1, 0.15) is 5.75 Å². The first-order chi connectivity index (χ1) is 9.74. The van der Waals surface area contributed by atoms with Crippen molar-refractivity contribution in [3.05, 3.63) is 29.8 Å². The fourth-order valence-corrected chi connectivity index (χ4v) is 2.64. The van der Waals surface area contributed by atoms with Crippen molar-refractivity contribution in [3.63, 3.8) is 0 Å². The van der Waals surface area contributed by atoms with Gasteiger partial charge < -0.3 is 9.64 Å². The predicted octanol–water partition coefficient (Wildman–Crippen LogP) is 2.73. The van der Waals surface area contributed by atoms with Crippen molar-refractivity contribution in [3.8, 4) is 11.8 Å². The standard InChI is InChI=1S/C16H20N2O2/c1-2-14-7-3-4-9-18(14)16(19)12-20-15-8-5-6-13(10-15)11-17/h5-6,8,10,14H,2-4,7,9,12H2,1H3/t14-/m1/s1. The molecule has 1 fully saturated rings. The first kappa shape index (κ1) is 14.4. The van der Waals surface area contributed by atoms with E-state index in [9.17, 15) is 4.79 Å². The third kappa shape index (κ3) is 3.51. The normalized spacial score (nSPS) is 18.4. The van der Waals surface area contributed by atoms with Crippen LogP contribution in [0, 0.1) is 11.3 Å². The van der Waals surface area contributed by atoms with Crippen LogP contribution in [0.25, 0.3) is 0 Å². The Labute approximate surface area is 120 Å². The van der Waals surface area contributed by atoms with Crippen LogP contribution < -0.4 is 4.74 Å². The summed E-state index contributed by atoms with van der Waals surface area (Å²) in [5.41, 5.74) is 0.541. The summed E-state index contributed by atoms with van der Waals surface area (Å²) in [5.74, 6) is 0.612. The van der Waals surface area contributed by atoms with E-state index in [1.165, 1.54) is 6.42 Å². The molecular formula is C16H20N2O2. The third-order valence-corrected chi connectivity index (χ3v) is 3.74. The molecule has 1 aromatic carbocycles. The molecule has 0 bridgehead atoms. The van der Waals surface area contributed by atoms with Gasteiger partial charge >= 0.3 is 0 Å². The first-order valence-corrected chi connectivity index (χ1v) is 7.17. The summed E-state index contributed by atoms with van der Waals surface area (Å²) in [6.45, 7) is 3.00. The van der Waals surface area contributed by atoms with Crippen LogP contribution in [0.2, 0.25) is 0 Å². The number of hydrogen-bond acceptors (Lipinski definition) is 3. The van der Waals surface area contributed by atoms with E-state index in [0.29, 0.717) is 17.4 Å². The van der Waals surface area contributed by atoms with Crippen molar-refractivity contribution < 1.29 is 9.53 Å². The number of hydrogen-bond donors (Lipinski definition) is 0. The van der Waals surface area contributed by atoms with Crippen LogP contribution in [-0.2, 0) is 4.79 Å². The van der Waals surface area contributed by atoms with Crippen LogP contribution in [0.15, 0.2) is 24.3 Å². The summed E-state index contributed by atoms with van der Waals surface area (Å²) >= 11 is 0. The Morgan fingerprint density at radius 3 is 3.10 bits per heavy atom. The molecule has 2 rings (SSSR count). The summed E-state index contributed by atoms with van der Waals surface area (Å²) < 4.78 is 5.51. The first-order valence-electron chi connectivity index (χ1n) is 7.17. The highest BCUT2D eigenvalue weighted by atomic mass is 16.5. The molecule has 106 valence electrons. The second-order valence-corrected chi connectivity index (χ2v) is 5.07. The Hall–Kier alpha value is -2.02. The predicted molar refractivity (Wildman–Crippen MR) is 76.3 cm³/mol. The largest absolute Gasteiger partial charge is 0.484 e. The number of piperidine rings is 1. The van der Waals surface area contributed by atoms with E-state index in [4.69, 9.17) is 10.00 Å². The lowest BCUT2D eigenvalue weighted by atomic mass is 10.00. The summed E-state index contributed by atoms with van der Waals surface area (Å²) in [6.07, 6.45) is 4.36. The van der Waals surface area contributed by atoms with Crippen molar-refractivity contribution in [1.29, 1.82) is 5.26 Å². The maximum absolute atomic E-state index is 12.2. The average molecular weight is 272 g/mol.